The van der Waals surface area contributed by atoms with Crippen LogP contribution in [0.2, 0.25) is 0 Å². The van der Waals surface area contributed by atoms with Crippen LogP contribution in [0.15, 0.2) is 42.2 Å². The molecule has 2 heteroatoms. The van der Waals surface area contributed by atoms with E-state index in [1.165, 1.54) is 6.08 Å². The quantitative estimate of drug-likeness (QED) is 0.538. The monoisotopic (exact) mass is 190 g/mol. The third-order valence-corrected chi connectivity index (χ3v) is 1.91. The molecule has 0 saturated carbocycles. The zero-order chi connectivity index (χ0) is 10.4. The number of ether oxygens (including phenoxy) is 1. The summed E-state index contributed by atoms with van der Waals surface area (Å²) in [6, 6.07) is 9.66. The van der Waals surface area contributed by atoms with Gasteiger partial charge in [-0.2, -0.15) is 0 Å². The molecule has 0 saturated heterocycles. The highest BCUT2D eigenvalue weighted by molar-refractivity contribution is 5.91. The lowest BCUT2D eigenvalue weighted by atomic mass is 10.1. The number of carbonyl (C=O) groups excluding carboxylic acids is 1. The van der Waals surface area contributed by atoms with Crippen LogP contribution in [-0.2, 0) is 16.0 Å². The van der Waals surface area contributed by atoms with Gasteiger partial charge in [-0.15, -0.1) is 0 Å². The molecule has 0 heterocycles. The highest BCUT2D eigenvalue weighted by Crippen LogP contribution is 2.02. The van der Waals surface area contributed by atoms with Crippen molar-refractivity contribution in [3.05, 3.63) is 47.7 Å². The van der Waals surface area contributed by atoms with Gasteiger partial charge in [-0.25, -0.2) is 0 Å². The Morgan fingerprint density at radius 3 is 2.57 bits per heavy atom. The lowest BCUT2D eigenvalue weighted by molar-refractivity contribution is -0.114. The van der Waals surface area contributed by atoms with E-state index in [1.54, 1.807) is 14.0 Å². The van der Waals surface area contributed by atoms with Crippen LogP contribution in [0.3, 0.4) is 0 Å². The van der Waals surface area contributed by atoms with E-state index in [2.05, 4.69) is 0 Å². The summed E-state index contributed by atoms with van der Waals surface area (Å²) in [6.07, 6.45) is 1.95. The maximum atomic E-state index is 11.4. The third kappa shape index (κ3) is 3.44. The van der Waals surface area contributed by atoms with Crippen molar-refractivity contribution in [3.63, 3.8) is 0 Å². The van der Waals surface area contributed by atoms with Gasteiger partial charge in [-0.1, -0.05) is 30.3 Å². The molecule has 0 fully saturated rings. The highest BCUT2D eigenvalue weighted by atomic mass is 16.5. The van der Waals surface area contributed by atoms with E-state index in [1.807, 2.05) is 30.3 Å². The van der Waals surface area contributed by atoms with Gasteiger partial charge in [0.15, 0.2) is 5.78 Å². The molecule has 0 atom stereocenters. The highest BCUT2D eigenvalue weighted by Gasteiger charge is 2.00. The minimum atomic E-state index is 0.0653. The summed E-state index contributed by atoms with van der Waals surface area (Å²) < 4.78 is 4.90. The molecule has 0 unspecified atom stereocenters. The van der Waals surface area contributed by atoms with Gasteiger partial charge in [0, 0.05) is 12.5 Å². The average molecular weight is 190 g/mol. The van der Waals surface area contributed by atoms with Crippen molar-refractivity contribution in [3.8, 4) is 0 Å². The number of benzene rings is 1. The smallest absolute Gasteiger partial charge is 0.163 e. The summed E-state index contributed by atoms with van der Waals surface area (Å²) >= 11 is 0. The number of hydrogen-bond donors (Lipinski definition) is 0. The predicted octanol–water partition coefficient (Wildman–Crippen LogP) is 2.35. The molecule has 14 heavy (non-hydrogen) atoms. The Kier molecular flexibility index (Phi) is 3.92. The van der Waals surface area contributed by atoms with Crippen molar-refractivity contribution >= 4 is 5.78 Å². The minimum absolute atomic E-state index is 0.0653. The topological polar surface area (TPSA) is 26.3 Å². The maximum Gasteiger partial charge on any atom is 0.163 e. The second kappa shape index (κ2) is 5.22. The minimum Gasteiger partial charge on any atom is -0.501 e. The van der Waals surface area contributed by atoms with Gasteiger partial charge in [-0.3, -0.25) is 4.79 Å². The lowest BCUT2D eigenvalue weighted by Gasteiger charge is -1.99. The molecule has 0 aliphatic heterocycles. The number of rotatable bonds is 4. The van der Waals surface area contributed by atoms with Gasteiger partial charge in [0.05, 0.1) is 12.9 Å². The lowest BCUT2D eigenvalue weighted by Crippen LogP contribution is -1.99. The molecule has 1 aromatic rings. The molecule has 0 amide bonds. The normalized spacial score (nSPS) is 11.1. The first-order chi connectivity index (χ1) is 6.72. The van der Waals surface area contributed by atoms with Crippen LogP contribution in [0.4, 0.5) is 0 Å². The second-order valence-corrected chi connectivity index (χ2v) is 3.09. The zero-order valence-electron chi connectivity index (χ0n) is 8.49. The summed E-state index contributed by atoms with van der Waals surface area (Å²) in [6.45, 7) is 1.77. The van der Waals surface area contributed by atoms with Gasteiger partial charge in [0.25, 0.3) is 0 Å². The Bertz CT molecular complexity index is 325. The van der Waals surface area contributed by atoms with Crippen molar-refractivity contribution in [2.24, 2.45) is 0 Å². The molecule has 0 aliphatic carbocycles. The fraction of sp³-hybridized carbons (Fsp3) is 0.250. The third-order valence-electron chi connectivity index (χ3n) is 1.91. The fourth-order valence-electron chi connectivity index (χ4n) is 1.13. The molecule has 0 radical (unpaired) electrons. The Hall–Kier alpha value is -1.57. The SMILES string of the molecule is CO/C(C)=C\C(=O)Cc1ccccc1. The van der Waals surface area contributed by atoms with Crippen LogP contribution in [-0.4, -0.2) is 12.9 Å². The van der Waals surface area contributed by atoms with Crippen LogP contribution in [0.1, 0.15) is 12.5 Å². The molecule has 74 valence electrons. The second-order valence-electron chi connectivity index (χ2n) is 3.09. The Labute approximate surface area is 84.2 Å². The summed E-state index contributed by atoms with van der Waals surface area (Å²) in [7, 11) is 1.56. The van der Waals surface area contributed by atoms with E-state index in [4.69, 9.17) is 4.74 Å². The Morgan fingerprint density at radius 2 is 2.00 bits per heavy atom. The van der Waals surface area contributed by atoms with E-state index >= 15 is 0 Å². The molecule has 0 N–H and O–H groups in total. The molecular weight excluding hydrogens is 176 g/mol. The first-order valence-corrected chi connectivity index (χ1v) is 4.51. The maximum absolute atomic E-state index is 11.4. The number of hydrogen-bond acceptors (Lipinski definition) is 2. The van der Waals surface area contributed by atoms with Crippen molar-refractivity contribution in [2.75, 3.05) is 7.11 Å². The Balaban J connectivity index is 2.58. The fourth-order valence-corrected chi connectivity index (χ4v) is 1.13. The largest absolute Gasteiger partial charge is 0.501 e. The van der Waals surface area contributed by atoms with Crippen LogP contribution >= 0.6 is 0 Å². The van der Waals surface area contributed by atoms with Gasteiger partial charge in [-0.05, 0) is 12.5 Å². The Morgan fingerprint density at radius 1 is 1.36 bits per heavy atom. The first kappa shape index (κ1) is 10.5. The number of ketones is 1. The van der Waals surface area contributed by atoms with Gasteiger partial charge < -0.3 is 4.74 Å². The predicted molar refractivity (Wildman–Crippen MR) is 55.9 cm³/mol. The van der Waals surface area contributed by atoms with Crippen molar-refractivity contribution in [1.82, 2.24) is 0 Å². The van der Waals surface area contributed by atoms with Crippen molar-refractivity contribution in [2.45, 2.75) is 13.3 Å². The van der Waals surface area contributed by atoms with E-state index < -0.39 is 0 Å². The van der Waals surface area contributed by atoms with Crippen molar-refractivity contribution in [1.29, 1.82) is 0 Å². The van der Waals surface area contributed by atoms with Gasteiger partial charge in [0.1, 0.15) is 0 Å². The molecule has 1 rings (SSSR count). The molecule has 0 aromatic heterocycles. The van der Waals surface area contributed by atoms with Crippen LogP contribution < -0.4 is 0 Å². The molecule has 0 spiro atoms. The average Bonchev–Trinajstić information content (AvgIpc) is 2.19. The van der Waals surface area contributed by atoms with E-state index in [0.29, 0.717) is 12.2 Å². The summed E-state index contributed by atoms with van der Waals surface area (Å²) in [5.74, 6) is 0.710. The van der Waals surface area contributed by atoms with Gasteiger partial charge >= 0.3 is 0 Å². The number of carbonyl (C=O) groups is 1. The molecule has 1 aromatic carbocycles. The van der Waals surface area contributed by atoms with Crippen LogP contribution in [0, 0.1) is 0 Å². The molecule has 0 bridgehead atoms. The summed E-state index contributed by atoms with van der Waals surface area (Å²) in [5.41, 5.74) is 1.03. The van der Waals surface area contributed by atoms with Crippen LogP contribution in [0.5, 0.6) is 0 Å². The standard InChI is InChI=1S/C12H14O2/c1-10(14-2)8-12(13)9-11-6-4-3-5-7-11/h3-8H,9H2,1-2H3/b10-8-. The molecule has 0 aliphatic rings. The number of allylic oxidation sites excluding steroid dienone is 2. The molecular formula is C12H14O2. The van der Waals surface area contributed by atoms with Crippen molar-refractivity contribution < 1.29 is 9.53 Å². The van der Waals surface area contributed by atoms with E-state index in [-0.39, 0.29) is 5.78 Å². The van der Waals surface area contributed by atoms with Gasteiger partial charge in [0.2, 0.25) is 0 Å². The first-order valence-electron chi connectivity index (χ1n) is 4.51. The number of methoxy groups -OCH3 is 1. The summed E-state index contributed by atoms with van der Waals surface area (Å²) in [5, 5.41) is 0. The van der Waals surface area contributed by atoms with Crippen LogP contribution in [0.25, 0.3) is 0 Å². The molecule has 2 nitrogen and oxygen atoms in total. The van der Waals surface area contributed by atoms with E-state index in [9.17, 15) is 4.79 Å². The zero-order valence-corrected chi connectivity index (χ0v) is 8.49. The van der Waals surface area contributed by atoms with E-state index in [0.717, 1.165) is 5.56 Å². The summed E-state index contributed by atoms with van der Waals surface area (Å²) in [4.78, 5) is 11.4.